The zero-order chi connectivity index (χ0) is 21.5. The number of hydrogen-bond acceptors (Lipinski definition) is 4. The molecule has 1 heterocycles. The van der Waals surface area contributed by atoms with Crippen LogP contribution in [0, 0.1) is 22.7 Å². The molecule has 1 saturated carbocycles. The fraction of sp³-hybridized carbons (Fsp3) is 0.375. The van der Waals surface area contributed by atoms with Crippen LogP contribution in [-0.4, -0.2) is 20.6 Å². The van der Waals surface area contributed by atoms with Crippen LogP contribution in [0.5, 0.6) is 0 Å². The molecule has 2 N–H and O–H groups in total. The van der Waals surface area contributed by atoms with E-state index in [2.05, 4.69) is 36.7 Å². The van der Waals surface area contributed by atoms with Gasteiger partial charge in [-0.1, -0.05) is 20.8 Å². The van der Waals surface area contributed by atoms with Crippen LogP contribution in [0.15, 0.2) is 42.5 Å². The monoisotopic (exact) mass is 402 g/mol. The van der Waals surface area contributed by atoms with E-state index in [1.807, 2.05) is 18.2 Å². The molecule has 1 aromatic heterocycles. The molecule has 154 valence electrons. The minimum absolute atomic E-state index is 0.228. The number of carbonyl (C=O) groups is 1. The molecule has 0 spiro atoms. The number of anilines is 2. The highest BCUT2D eigenvalue weighted by atomic mass is 16.4. The van der Waals surface area contributed by atoms with Gasteiger partial charge in [-0.05, 0) is 73.1 Å². The molecule has 3 aromatic rings. The number of nitrogens with one attached hydrogen (secondary N) is 1. The highest BCUT2D eigenvalue weighted by molar-refractivity contribution is 5.93. The molecule has 0 saturated heterocycles. The van der Waals surface area contributed by atoms with E-state index in [1.54, 1.807) is 24.3 Å². The fourth-order valence-corrected chi connectivity index (χ4v) is 4.94. The number of fused-ring (bicyclic) bond motifs is 1. The number of aromatic nitrogens is 2. The van der Waals surface area contributed by atoms with Gasteiger partial charge in [-0.25, -0.2) is 9.78 Å². The molecule has 0 amide bonds. The lowest BCUT2D eigenvalue weighted by molar-refractivity contribution is 0.0697. The lowest BCUT2D eigenvalue weighted by Crippen LogP contribution is -2.29. The minimum Gasteiger partial charge on any atom is -0.478 e. The van der Waals surface area contributed by atoms with E-state index in [9.17, 15) is 9.90 Å². The van der Waals surface area contributed by atoms with Gasteiger partial charge in [0.1, 0.15) is 0 Å². The van der Waals surface area contributed by atoms with Crippen molar-refractivity contribution in [3.05, 3.63) is 53.6 Å². The standard InChI is InChI=1S/C24H26N4O2/c1-15-10-19(13-24(2,3)12-15)28-21-9-6-17(22(29)30)11-20(21)27-23(28)26-18-7-4-16(14-25)5-8-18/h4-9,11,15,19H,10,12-13H2,1-3H3,(H,26,27)(H,29,30)/t15-,19+/m0/s1. The van der Waals surface area contributed by atoms with Crippen LogP contribution in [0.3, 0.4) is 0 Å². The van der Waals surface area contributed by atoms with Gasteiger partial charge in [0, 0.05) is 11.7 Å². The Morgan fingerprint density at radius 2 is 1.97 bits per heavy atom. The molecule has 1 aliphatic carbocycles. The molecule has 1 fully saturated rings. The highest BCUT2D eigenvalue weighted by Crippen LogP contribution is 2.46. The van der Waals surface area contributed by atoms with E-state index in [-0.39, 0.29) is 17.0 Å². The van der Waals surface area contributed by atoms with Gasteiger partial charge in [0.15, 0.2) is 0 Å². The average Bonchev–Trinajstić information content (AvgIpc) is 3.04. The second-order valence-corrected chi connectivity index (χ2v) is 9.20. The van der Waals surface area contributed by atoms with Gasteiger partial charge in [0.05, 0.1) is 28.2 Å². The molecule has 30 heavy (non-hydrogen) atoms. The molecular formula is C24H26N4O2. The van der Waals surface area contributed by atoms with Crippen LogP contribution in [0.25, 0.3) is 11.0 Å². The number of nitrogens with zero attached hydrogens (tertiary/aromatic N) is 3. The Balaban J connectivity index is 1.81. The van der Waals surface area contributed by atoms with Crippen LogP contribution in [0.1, 0.15) is 62.0 Å². The Bertz CT molecular complexity index is 1140. The number of carboxylic acid groups (broad SMARTS) is 1. The van der Waals surface area contributed by atoms with Crippen LogP contribution in [0.4, 0.5) is 11.6 Å². The third-order valence-electron chi connectivity index (χ3n) is 5.94. The quantitative estimate of drug-likeness (QED) is 0.581. The van der Waals surface area contributed by atoms with Crippen LogP contribution < -0.4 is 5.32 Å². The van der Waals surface area contributed by atoms with E-state index < -0.39 is 5.97 Å². The Morgan fingerprint density at radius 1 is 1.23 bits per heavy atom. The summed E-state index contributed by atoms with van der Waals surface area (Å²) in [6.07, 6.45) is 3.28. The number of carboxylic acids is 1. The first-order valence-electron chi connectivity index (χ1n) is 10.3. The van der Waals surface area contributed by atoms with Crippen molar-refractivity contribution in [2.75, 3.05) is 5.32 Å². The molecule has 0 unspecified atom stereocenters. The Morgan fingerprint density at radius 3 is 2.60 bits per heavy atom. The van der Waals surface area contributed by atoms with Gasteiger partial charge in [-0.15, -0.1) is 0 Å². The van der Waals surface area contributed by atoms with Gasteiger partial charge in [0.25, 0.3) is 0 Å². The molecule has 2 aromatic carbocycles. The van der Waals surface area contributed by atoms with Crippen LogP contribution >= 0.6 is 0 Å². The molecule has 1 aliphatic rings. The van der Waals surface area contributed by atoms with E-state index >= 15 is 0 Å². The molecule has 0 bridgehead atoms. The minimum atomic E-state index is -0.958. The van der Waals surface area contributed by atoms with Gasteiger partial charge >= 0.3 is 5.97 Å². The summed E-state index contributed by atoms with van der Waals surface area (Å²) < 4.78 is 2.23. The fourth-order valence-electron chi connectivity index (χ4n) is 4.94. The van der Waals surface area contributed by atoms with Gasteiger partial charge in [-0.2, -0.15) is 5.26 Å². The van der Waals surface area contributed by atoms with E-state index in [1.165, 1.54) is 6.42 Å². The highest BCUT2D eigenvalue weighted by Gasteiger charge is 2.34. The molecule has 0 aliphatic heterocycles. The maximum Gasteiger partial charge on any atom is 0.335 e. The molecule has 4 rings (SSSR count). The molecule has 6 heteroatoms. The smallest absolute Gasteiger partial charge is 0.335 e. The summed E-state index contributed by atoms with van der Waals surface area (Å²) in [5.74, 6) is 0.338. The second-order valence-electron chi connectivity index (χ2n) is 9.20. The van der Waals surface area contributed by atoms with Crippen molar-refractivity contribution in [1.82, 2.24) is 9.55 Å². The molecule has 0 radical (unpaired) electrons. The van der Waals surface area contributed by atoms with Crippen LogP contribution in [-0.2, 0) is 0 Å². The maximum atomic E-state index is 11.4. The normalized spacial score (nSPS) is 20.6. The van der Waals surface area contributed by atoms with Crippen molar-refractivity contribution < 1.29 is 9.90 Å². The zero-order valence-electron chi connectivity index (χ0n) is 17.5. The van der Waals surface area contributed by atoms with Crippen molar-refractivity contribution >= 4 is 28.6 Å². The van der Waals surface area contributed by atoms with Crippen molar-refractivity contribution in [2.24, 2.45) is 11.3 Å². The average molecular weight is 402 g/mol. The summed E-state index contributed by atoms with van der Waals surface area (Å²) in [5, 5.41) is 21.8. The number of rotatable bonds is 4. The number of nitriles is 1. The largest absolute Gasteiger partial charge is 0.478 e. The number of benzene rings is 2. The summed E-state index contributed by atoms with van der Waals surface area (Å²) >= 11 is 0. The SMILES string of the molecule is C[C@H]1C[C@@H](n2c(Nc3ccc(C#N)cc3)nc3cc(C(=O)O)ccc32)CC(C)(C)C1. The first kappa shape index (κ1) is 20.0. The van der Waals surface area contributed by atoms with E-state index in [4.69, 9.17) is 10.2 Å². The predicted molar refractivity (Wildman–Crippen MR) is 117 cm³/mol. The number of hydrogen-bond donors (Lipinski definition) is 2. The number of aromatic carboxylic acids is 1. The Labute approximate surface area is 176 Å². The topological polar surface area (TPSA) is 90.9 Å². The molecule has 2 atom stereocenters. The summed E-state index contributed by atoms with van der Waals surface area (Å²) in [5.41, 5.74) is 3.50. The summed E-state index contributed by atoms with van der Waals surface area (Å²) in [6, 6.07) is 14.8. The van der Waals surface area contributed by atoms with Gasteiger partial charge in [0.2, 0.25) is 5.95 Å². The van der Waals surface area contributed by atoms with Crippen molar-refractivity contribution in [2.45, 2.75) is 46.1 Å². The molecular weight excluding hydrogens is 376 g/mol. The summed E-state index contributed by atoms with van der Waals surface area (Å²) in [7, 11) is 0. The third-order valence-corrected chi connectivity index (χ3v) is 5.94. The predicted octanol–water partition coefficient (Wildman–Crippen LogP) is 5.74. The van der Waals surface area contributed by atoms with E-state index in [0.717, 1.165) is 24.0 Å². The summed E-state index contributed by atoms with van der Waals surface area (Å²) in [4.78, 5) is 16.2. The Kier molecular flexibility index (Phi) is 4.98. The lowest BCUT2D eigenvalue weighted by Gasteiger charge is -2.40. The summed E-state index contributed by atoms with van der Waals surface area (Å²) in [6.45, 7) is 6.92. The molecule has 6 nitrogen and oxygen atoms in total. The first-order valence-corrected chi connectivity index (χ1v) is 10.3. The number of imidazole rings is 1. The second kappa shape index (κ2) is 7.49. The first-order chi connectivity index (χ1) is 14.3. The van der Waals surface area contributed by atoms with Crippen molar-refractivity contribution in [1.29, 1.82) is 5.26 Å². The maximum absolute atomic E-state index is 11.4. The van der Waals surface area contributed by atoms with Gasteiger partial charge in [-0.3, -0.25) is 0 Å². The lowest BCUT2D eigenvalue weighted by atomic mass is 9.70. The van der Waals surface area contributed by atoms with E-state index in [0.29, 0.717) is 22.9 Å². The van der Waals surface area contributed by atoms with Crippen molar-refractivity contribution in [3.8, 4) is 6.07 Å². The van der Waals surface area contributed by atoms with Gasteiger partial charge < -0.3 is 15.0 Å². The van der Waals surface area contributed by atoms with Crippen LogP contribution in [0.2, 0.25) is 0 Å². The Hall–Kier alpha value is -3.33. The van der Waals surface area contributed by atoms with Crippen molar-refractivity contribution in [3.63, 3.8) is 0 Å². The third kappa shape index (κ3) is 3.88. The zero-order valence-corrected chi connectivity index (χ0v) is 17.5.